The number of rotatable bonds is 3. The molecule has 1 spiro atoms. The van der Waals surface area contributed by atoms with Crippen molar-refractivity contribution in [3.8, 4) is 17.3 Å². The number of pyridine rings is 1. The summed E-state index contributed by atoms with van der Waals surface area (Å²) < 4.78 is 79.8. The first-order valence-electron chi connectivity index (χ1n) is 13.8. The van der Waals surface area contributed by atoms with Crippen molar-refractivity contribution in [3.63, 3.8) is 0 Å². The molecule has 6 heterocycles. The Morgan fingerprint density at radius 1 is 1.19 bits per heavy atom. The molecule has 4 fully saturated rings. The number of benzene rings is 1. The van der Waals surface area contributed by atoms with Crippen LogP contribution in [0, 0.1) is 5.82 Å². The van der Waals surface area contributed by atoms with Crippen molar-refractivity contribution in [2.24, 2.45) is 0 Å². The number of piperazine rings is 1. The van der Waals surface area contributed by atoms with Crippen LogP contribution in [0.1, 0.15) is 24.8 Å². The zero-order chi connectivity index (χ0) is 29.6. The Morgan fingerprint density at radius 2 is 2.00 bits per heavy atom. The Balaban J connectivity index is 0.000000296. The van der Waals surface area contributed by atoms with Gasteiger partial charge in [-0.15, -0.1) is 0 Å². The van der Waals surface area contributed by atoms with Gasteiger partial charge in [-0.2, -0.15) is 23.1 Å². The minimum atomic E-state index is -4.80. The molecule has 3 aromatic rings. The summed E-state index contributed by atoms with van der Waals surface area (Å²) in [6.45, 7) is 4.72. The maximum atomic E-state index is 15.7. The quantitative estimate of drug-likeness (QED) is 0.420. The summed E-state index contributed by atoms with van der Waals surface area (Å²) >= 11 is 5.82. The van der Waals surface area contributed by atoms with Gasteiger partial charge in [0.1, 0.15) is 23.2 Å². The minimum Gasteiger partial charge on any atom is -0.467 e. The highest BCUT2D eigenvalue weighted by Crippen LogP contribution is 2.43. The molecule has 42 heavy (non-hydrogen) atoms. The van der Waals surface area contributed by atoms with Crippen LogP contribution in [-0.2, 0) is 10.9 Å². The van der Waals surface area contributed by atoms with E-state index in [0.29, 0.717) is 51.3 Å². The Morgan fingerprint density at radius 3 is 2.69 bits per heavy atom. The van der Waals surface area contributed by atoms with Gasteiger partial charge < -0.3 is 19.7 Å². The molecule has 8 nitrogen and oxygen atoms in total. The summed E-state index contributed by atoms with van der Waals surface area (Å²) in [7, 11) is 1.34. The van der Waals surface area contributed by atoms with E-state index in [2.05, 4.69) is 25.2 Å². The lowest BCUT2D eigenvalue weighted by molar-refractivity contribution is -0.137. The number of ether oxygens (including phenoxy) is 2. The van der Waals surface area contributed by atoms with Crippen molar-refractivity contribution < 1.29 is 31.4 Å². The lowest BCUT2D eigenvalue weighted by Gasteiger charge is -2.49. The molecule has 0 saturated carbocycles. The van der Waals surface area contributed by atoms with E-state index >= 15 is 4.39 Å². The summed E-state index contributed by atoms with van der Waals surface area (Å²) in [4.78, 5) is 16.8. The van der Waals surface area contributed by atoms with Crippen LogP contribution >= 0.6 is 11.6 Å². The van der Waals surface area contributed by atoms with Crippen LogP contribution in [0.25, 0.3) is 22.2 Å². The minimum absolute atomic E-state index is 0.104. The molecule has 4 aliphatic rings. The first-order valence-corrected chi connectivity index (χ1v) is 14.2. The van der Waals surface area contributed by atoms with Crippen molar-refractivity contribution in [2.75, 3.05) is 57.9 Å². The standard InChI is InChI=1S/C21H18ClF4N5O2.C7H12FN/c1-32-19-29-17-12(18(30-19)31-6-5-28-20(8-31)9-33-10-20)7-27-16(15(17)23)11-3-2-4-13(22)14(11)21(24,25)26;8-6-4-7-2-1-3-9(7)5-6/h2-4,7,28H,5-6,8-10H2,1H3;6-7H,1-5H2. The second kappa shape index (κ2) is 11.3. The average Bonchev–Trinajstić information content (AvgIpc) is 3.52. The third-order valence-electron chi connectivity index (χ3n) is 8.27. The second-order valence-corrected chi connectivity index (χ2v) is 11.5. The lowest BCUT2D eigenvalue weighted by atomic mass is 9.94. The van der Waals surface area contributed by atoms with Gasteiger partial charge in [-0.05, 0) is 31.9 Å². The van der Waals surface area contributed by atoms with E-state index < -0.39 is 40.0 Å². The number of fused-ring (bicyclic) bond motifs is 2. The van der Waals surface area contributed by atoms with Gasteiger partial charge in [-0.1, -0.05) is 23.7 Å². The fourth-order valence-corrected chi connectivity index (χ4v) is 6.54. The molecule has 2 atom stereocenters. The third kappa shape index (κ3) is 5.47. The number of anilines is 1. The first kappa shape index (κ1) is 29.2. The smallest absolute Gasteiger partial charge is 0.418 e. The Kier molecular flexibility index (Phi) is 7.88. The van der Waals surface area contributed by atoms with Crippen molar-refractivity contribution in [1.82, 2.24) is 25.2 Å². The van der Waals surface area contributed by atoms with Gasteiger partial charge in [0.2, 0.25) is 0 Å². The first-order chi connectivity index (χ1) is 20.1. The zero-order valence-electron chi connectivity index (χ0n) is 22.9. The topological polar surface area (TPSA) is 75.6 Å². The number of hydrogen-bond acceptors (Lipinski definition) is 8. The lowest BCUT2D eigenvalue weighted by Crippen LogP contribution is -2.70. The van der Waals surface area contributed by atoms with Crippen LogP contribution in [0.2, 0.25) is 5.02 Å². The van der Waals surface area contributed by atoms with Crippen molar-refractivity contribution in [2.45, 2.75) is 43.2 Å². The van der Waals surface area contributed by atoms with E-state index in [1.54, 1.807) is 0 Å². The van der Waals surface area contributed by atoms with E-state index in [1.165, 1.54) is 32.2 Å². The molecule has 7 rings (SSSR count). The van der Waals surface area contributed by atoms with E-state index in [4.69, 9.17) is 21.1 Å². The number of alkyl halides is 4. The van der Waals surface area contributed by atoms with Crippen LogP contribution in [0.4, 0.5) is 27.8 Å². The SMILES string of the molecule is COc1nc(N2CCNC3(COC3)C2)c2cnc(-c3cccc(Cl)c3C(F)(F)F)c(F)c2n1.FC1CC2CCCN2C1. The van der Waals surface area contributed by atoms with Crippen molar-refractivity contribution >= 4 is 28.3 Å². The summed E-state index contributed by atoms with van der Waals surface area (Å²) in [6.07, 6.45) is -0.700. The zero-order valence-corrected chi connectivity index (χ0v) is 23.6. The van der Waals surface area contributed by atoms with Gasteiger partial charge in [-0.25, -0.2) is 8.78 Å². The van der Waals surface area contributed by atoms with E-state index in [0.717, 1.165) is 25.1 Å². The molecular formula is C28H30ClF5N6O2. The Bertz CT molecular complexity index is 1460. The predicted octanol–water partition coefficient (Wildman–Crippen LogP) is 4.88. The summed E-state index contributed by atoms with van der Waals surface area (Å²) in [5.41, 5.74) is -2.55. The average molecular weight is 613 g/mol. The van der Waals surface area contributed by atoms with Gasteiger partial charge in [0.05, 0.1) is 41.8 Å². The number of halogens is 6. The summed E-state index contributed by atoms with van der Waals surface area (Å²) in [5, 5.41) is 3.15. The summed E-state index contributed by atoms with van der Waals surface area (Å²) in [6, 6.07) is 4.04. The second-order valence-electron chi connectivity index (χ2n) is 11.1. The van der Waals surface area contributed by atoms with E-state index in [9.17, 15) is 17.6 Å². The van der Waals surface area contributed by atoms with Crippen LogP contribution in [0.3, 0.4) is 0 Å². The number of aromatic nitrogens is 3. The van der Waals surface area contributed by atoms with E-state index in [1.807, 2.05) is 4.90 Å². The fraction of sp³-hybridized carbons (Fsp3) is 0.536. The molecule has 0 amide bonds. The van der Waals surface area contributed by atoms with Gasteiger partial charge in [0.25, 0.3) is 0 Å². The number of nitrogens with zero attached hydrogens (tertiary/aromatic N) is 5. The van der Waals surface area contributed by atoms with Gasteiger partial charge in [0, 0.05) is 44.0 Å². The highest BCUT2D eigenvalue weighted by atomic mass is 35.5. The highest BCUT2D eigenvalue weighted by molar-refractivity contribution is 6.31. The summed E-state index contributed by atoms with van der Waals surface area (Å²) in [5.74, 6) is -0.622. The normalized spacial score (nSPS) is 23.5. The molecule has 0 radical (unpaired) electrons. The van der Waals surface area contributed by atoms with Crippen LogP contribution in [0.5, 0.6) is 6.01 Å². The Labute approximate surface area is 244 Å². The monoisotopic (exact) mass is 612 g/mol. The highest BCUT2D eigenvalue weighted by Gasteiger charge is 2.43. The molecule has 2 unspecified atom stereocenters. The third-order valence-corrected chi connectivity index (χ3v) is 8.58. The van der Waals surface area contributed by atoms with Gasteiger partial charge in [0.15, 0.2) is 5.82 Å². The Hall–Kier alpha value is -2.87. The van der Waals surface area contributed by atoms with Gasteiger partial charge >= 0.3 is 12.2 Å². The van der Waals surface area contributed by atoms with E-state index in [-0.39, 0.29) is 22.5 Å². The number of nitrogens with one attached hydrogen (secondary N) is 1. The fourth-order valence-electron chi connectivity index (χ4n) is 6.26. The maximum absolute atomic E-state index is 15.7. The predicted molar refractivity (Wildman–Crippen MR) is 147 cm³/mol. The molecule has 226 valence electrons. The largest absolute Gasteiger partial charge is 0.467 e. The maximum Gasteiger partial charge on any atom is 0.418 e. The molecule has 0 aliphatic carbocycles. The van der Waals surface area contributed by atoms with Gasteiger partial charge in [-0.3, -0.25) is 9.88 Å². The van der Waals surface area contributed by atoms with Crippen LogP contribution in [-0.4, -0.2) is 90.7 Å². The molecule has 1 aromatic carbocycles. The molecule has 2 aromatic heterocycles. The molecule has 0 bridgehead atoms. The van der Waals surface area contributed by atoms with Crippen molar-refractivity contribution in [3.05, 3.63) is 40.8 Å². The number of hydrogen-bond donors (Lipinski definition) is 1. The van der Waals surface area contributed by atoms with Crippen LogP contribution in [0.15, 0.2) is 24.4 Å². The van der Waals surface area contributed by atoms with Crippen LogP contribution < -0.4 is 15.0 Å². The molecule has 4 aliphatic heterocycles. The molecular weight excluding hydrogens is 583 g/mol. The van der Waals surface area contributed by atoms with Crippen molar-refractivity contribution in [1.29, 1.82) is 0 Å². The molecule has 14 heteroatoms. The molecule has 4 saturated heterocycles. The molecule has 1 N–H and O–H groups in total. The number of methoxy groups -OCH3 is 1.